The quantitative estimate of drug-likeness (QED) is 0.738. The first-order valence-electron chi connectivity index (χ1n) is 8.15. The van der Waals surface area contributed by atoms with Gasteiger partial charge in [0.15, 0.2) is 0 Å². The third kappa shape index (κ3) is 5.57. The molecular formula is C18H26ClN5O2. The Kier molecular flexibility index (Phi) is 7.35. The smallest absolute Gasteiger partial charge is 0.244 e. The maximum atomic E-state index is 12.1. The van der Waals surface area contributed by atoms with E-state index >= 15 is 0 Å². The summed E-state index contributed by atoms with van der Waals surface area (Å²) in [7, 11) is 0. The number of nitrogens with two attached hydrogens (primary N) is 1. The molecular weight excluding hydrogens is 354 g/mol. The van der Waals surface area contributed by atoms with Gasteiger partial charge in [-0.3, -0.25) is 9.59 Å². The molecule has 4 N–H and O–H groups in total. The minimum absolute atomic E-state index is 0. The first kappa shape index (κ1) is 21.7. The maximum absolute atomic E-state index is 12.1. The highest BCUT2D eigenvalue weighted by molar-refractivity contribution is 5.94. The Bertz CT molecular complexity index is 763. The number of aromatic nitrogens is 2. The molecule has 0 fully saturated rings. The topological polar surface area (TPSA) is 102 Å². The summed E-state index contributed by atoms with van der Waals surface area (Å²) < 4.78 is 1.70. The monoisotopic (exact) mass is 379 g/mol. The van der Waals surface area contributed by atoms with E-state index < -0.39 is 0 Å². The van der Waals surface area contributed by atoms with Crippen molar-refractivity contribution in [2.24, 2.45) is 5.73 Å². The molecule has 0 aliphatic heterocycles. The van der Waals surface area contributed by atoms with E-state index in [1.807, 2.05) is 37.3 Å². The molecule has 2 amide bonds. The molecule has 0 atom stereocenters. The average molecular weight is 380 g/mol. The van der Waals surface area contributed by atoms with E-state index in [1.54, 1.807) is 4.68 Å². The van der Waals surface area contributed by atoms with Crippen molar-refractivity contribution in [2.45, 2.75) is 33.1 Å². The van der Waals surface area contributed by atoms with Gasteiger partial charge in [-0.1, -0.05) is 38.5 Å². The molecule has 7 nitrogen and oxygen atoms in total. The highest BCUT2D eigenvalue weighted by Crippen LogP contribution is 2.26. The summed E-state index contributed by atoms with van der Waals surface area (Å²) in [6.45, 7) is 7.89. The van der Waals surface area contributed by atoms with Crippen LogP contribution in [0.3, 0.4) is 0 Å². The number of anilines is 1. The molecule has 2 rings (SSSR count). The first-order valence-corrected chi connectivity index (χ1v) is 8.15. The summed E-state index contributed by atoms with van der Waals surface area (Å²) in [5, 5.41) is 9.89. The fourth-order valence-corrected chi connectivity index (χ4v) is 2.16. The zero-order valence-corrected chi connectivity index (χ0v) is 16.3. The Labute approximate surface area is 159 Å². The lowest BCUT2D eigenvalue weighted by Gasteiger charge is -2.14. The molecule has 1 aromatic heterocycles. The summed E-state index contributed by atoms with van der Waals surface area (Å²) >= 11 is 0. The summed E-state index contributed by atoms with van der Waals surface area (Å²) in [6, 6.07) is 9.71. The van der Waals surface area contributed by atoms with Gasteiger partial charge in [0.25, 0.3) is 0 Å². The van der Waals surface area contributed by atoms with E-state index in [0.29, 0.717) is 5.82 Å². The minimum atomic E-state index is -0.377. The second kappa shape index (κ2) is 8.82. The molecule has 0 aliphatic carbocycles. The Morgan fingerprint density at radius 1 is 1.15 bits per heavy atom. The van der Waals surface area contributed by atoms with Crippen molar-refractivity contribution >= 4 is 30.0 Å². The lowest BCUT2D eigenvalue weighted by Crippen LogP contribution is -2.36. The molecule has 1 heterocycles. The van der Waals surface area contributed by atoms with Gasteiger partial charge in [-0.2, -0.15) is 5.10 Å². The van der Waals surface area contributed by atoms with Crippen LogP contribution in [-0.4, -0.2) is 34.7 Å². The zero-order chi connectivity index (χ0) is 18.6. The molecule has 0 spiro atoms. The fourth-order valence-electron chi connectivity index (χ4n) is 2.16. The minimum Gasteiger partial charge on any atom is -0.346 e. The van der Waals surface area contributed by atoms with Gasteiger partial charge in [0.05, 0.1) is 24.5 Å². The van der Waals surface area contributed by atoms with Crippen LogP contribution >= 0.6 is 12.4 Å². The number of nitrogens with one attached hydrogen (secondary N) is 2. The van der Waals surface area contributed by atoms with Crippen molar-refractivity contribution in [1.82, 2.24) is 15.1 Å². The van der Waals surface area contributed by atoms with Crippen molar-refractivity contribution in [3.05, 3.63) is 41.6 Å². The number of halogens is 1. The van der Waals surface area contributed by atoms with Crippen LogP contribution in [0.1, 0.15) is 32.0 Å². The van der Waals surface area contributed by atoms with Crippen LogP contribution in [-0.2, 0) is 15.0 Å². The number of amides is 2. The van der Waals surface area contributed by atoms with Crippen molar-refractivity contribution in [2.75, 3.05) is 18.4 Å². The second-order valence-corrected chi connectivity index (χ2v) is 6.94. The van der Waals surface area contributed by atoms with Gasteiger partial charge in [0.1, 0.15) is 5.82 Å². The number of hydrogen-bond donors (Lipinski definition) is 3. The third-order valence-electron chi connectivity index (χ3n) is 3.66. The molecule has 0 bridgehead atoms. The SMILES string of the molecule is Cc1ccc(-n2nc(C(C)(C)C)cc2NC(=O)CNC(=O)CN)cc1.Cl. The summed E-state index contributed by atoms with van der Waals surface area (Å²) in [6.07, 6.45) is 0. The van der Waals surface area contributed by atoms with Crippen molar-refractivity contribution in [1.29, 1.82) is 0 Å². The molecule has 0 saturated carbocycles. The standard InChI is InChI=1S/C18H25N5O2.ClH/c1-12-5-7-13(8-6-12)23-15(9-14(22-23)18(2,3)4)21-17(25)11-20-16(24)10-19;/h5-9H,10-11,19H2,1-4H3,(H,20,24)(H,21,25);1H. The van der Waals surface area contributed by atoms with Crippen LogP contribution in [0.5, 0.6) is 0 Å². The van der Waals surface area contributed by atoms with Crippen LogP contribution < -0.4 is 16.4 Å². The molecule has 0 radical (unpaired) electrons. The van der Waals surface area contributed by atoms with Crippen molar-refractivity contribution < 1.29 is 9.59 Å². The number of carbonyl (C=O) groups is 2. The Morgan fingerprint density at radius 3 is 2.31 bits per heavy atom. The van der Waals surface area contributed by atoms with Crippen LogP contribution in [0.2, 0.25) is 0 Å². The maximum Gasteiger partial charge on any atom is 0.244 e. The molecule has 1 aromatic carbocycles. The van der Waals surface area contributed by atoms with E-state index in [0.717, 1.165) is 16.9 Å². The van der Waals surface area contributed by atoms with Gasteiger partial charge in [0, 0.05) is 11.5 Å². The predicted octanol–water partition coefficient (Wildman–Crippen LogP) is 1.91. The highest BCUT2D eigenvalue weighted by Gasteiger charge is 2.21. The third-order valence-corrected chi connectivity index (χ3v) is 3.66. The predicted molar refractivity (Wildman–Crippen MR) is 105 cm³/mol. The number of benzene rings is 1. The number of hydrogen-bond acceptors (Lipinski definition) is 4. The van der Waals surface area contributed by atoms with Crippen LogP contribution in [0.4, 0.5) is 5.82 Å². The highest BCUT2D eigenvalue weighted by atomic mass is 35.5. The van der Waals surface area contributed by atoms with E-state index in [4.69, 9.17) is 5.73 Å². The number of aryl methyl sites for hydroxylation is 1. The summed E-state index contributed by atoms with van der Waals surface area (Å²) in [5.41, 5.74) is 7.90. The van der Waals surface area contributed by atoms with E-state index in [1.165, 1.54) is 0 Å². The van der Waals surface area contributed by atoms with Crippen molar-refractivity contribution in [3.8, 4) is 5.69 Å². The second-order valence-electron chi connectivity index (χ2n) is 6.94. The van der Waals surface area contributed by atoms with Gasteiger partial charge < -0.3 is 16.4 Å². The molecule has 8 heteroatoms. The lowest BCUT2D eigenvalue weighted by molar-refractivity contribution is -0.123. The normalized spacial score (nSPS) is 10.8. The van der Waals surface area contributed by atoms with Gasteiger partial charge in [-0.25, -0.2) is 4.68 Å². The Balaban J connectivity index is 0.00000338. The van der Waals surface area contributed by atoms with Crippen LogP contribution in [0.15, 0.2) is 30.3 Å². The fraction of sp³-hybridized carbons (Fsp3) is 0.389. The molecule has 2 aromatic rings. The van der Waals surface area contributed by atoms with Gasteiger partial charge in [-0.05, 0) is 19.1 Å². The molecule has 26 heavy (non-hydrogen) atoms. The molecule has 0 aliphatic rings. The van der Waals surface area contributed by atoms with Gasteiger partial charge in [-0.15, -0.1) is 12.4 Å². The van der Waals surface area contributed by atoms with Crippen LogP contribution in [0, 0.1) is 6.92 Å². The van der Waals surface area contributed by atoms with Gasteiger partial charge >= 0.3 is 0 Å². The number of carbonyl (C=O) groups excluding carboxylic acids is 2. The number of nitrogens with zero attached hydrogens (tertiary/aromatic N) is 2. The van der Waals surface area contributed by atoms with E-state index in [9.17, 15) is 9.59 Å². The summed E-state index contributed by atoms with van der Waals surface area (Å²) in [4.78, 5) is 23.3. The summed E-state index contributed by atoms with van der Waals surface area (Å²) in [5.74, 6) is -0.158. The lowest BCUT2D eigenvalue weighted by atomic mass is 9.92. The molecule has 0 saturated heterocycles. The molecule has 0 unspecified atom stereocenters. The van der Waals surface area contributed by atoms with Crippen LogP contribution in [0.25, 0.3) is 5.69 Å². The average Bonchev–Trinajstić information content (AvgIpc) is 2.97. The van der Waals surface area contributed by atoms with Gasteiger partial charge in [0.2, 0.25) is 11.8 Å². The largest absolute Gasteiger partial charge is 0.346 e. The zero-order valence-electron chi connectivity index (χ0n) is 15.5. The Hall–Kier alpha value is -2.38. The first-order chi connectivity index (χ1) is 11.7. The molecule has 142 valence electrons. The van der Waals surface area contributed by atoms with E-state index in [2.05, 4.69) is 36.5 Å². The van der Waals surface area contributed by atoms with Crippen molar-refractivity contribution in [3.63, 3.8) is 0 Å². The Morgan fingerprint density at radius 2 is 1.77 bits per heavy atom. The van der Waals surface area contributed by atoms with E-state index in [-0.39, 0.29) is 42.7 Å². The number of rotatable bonds is 5.